The standard InChI is InChI=1S/C18H15BrFN7O2/c19-14-13-12(9-21)22-16(23-15(13)26-25-14)27-7-5-18(6-8-27,24-17(28)29)10-3-1-2-4-11(10)20/h1-4,24H,5-8H2,(H,28,29)(H,22,23,25,26). The predicted molar refractivity (Wildman–Crippen MR) is 105 cm³/mol. The third-order valence-corrected chi connectivity index (χ3v) is 5.68. The summed E-state index contributed by atoms with van der Waals surface area (Å²) in [5, 5.41) is 28.5. The summed E-state index contributed by atoms with van der Waals surface area (Å²) in [6.07, 6.45) is -0.583. The van der Waals surface area contributed by atoms with Gasteiger partial charge in [-0.1, -0.05) is 18.2 Å². The molecule has 1 aliphatic rings. The number of hydrogen-bond acceptors (Lipinski definition) is 6. The first-order valence-electron chi connectivity index (χ1n) is 8.76. The van der Waals surface area contributed by atoms with E-state index >= 15 is 0 Å². The second-order valence-electron chi connectivity index (χ2n) is 6.70. The fourth-order valence-electron chi connectivity index (χ4n) is 3.71. The van der Waals surface area contributed by atoms with Crippen LogP contribution >= 0.6 is 15.9 Å². The van der Waals surface area contributed by atoms with Crippen LogP contribution in [0.1, 0.15) is 24.1 Å². The molecule has 11 heteroatoms. The Labute approximate surface area is 172 Å². The molecular weight excluding hydrogens is 445 g/mol. The van der Waals surface area contributed by atoms with Gasteiger partial charge in [-0.3, -0.25) is 5.10 Å². The predicted octanol–water partition coefficient (Wildman–Crippen LogP) is 2.89. The maximum Gasteiger partial charge on any atom is 0.405 e. The van der Waals surface area contributed by atoms with E-state index in [-0.39, 0.29) is 5.69 Å². The number of halogens is 2. The summed E-state index contributed by atoms with van der Waals surface area (Å²) in [7, 11) is 0. The molecule has 9 nitrogen and oxygen atoms in total. The van der Waals surface area contributed by atoms with Crippen molar-refractivity contribution in [1.82, 2.24) is 25.5 Å². The van der Waals surface area contributed by atoms with Gasteiger partial charge >= 0.3 is 6.09 Å². The van der Waals surface area contributed by atoms with Crippen molar-refractivity contribution < 1.29 is 14.3 Å². The molecule has 0 unspecified atom stereocenters. The monoisotopic (exact) mass is 459 g/mol. The van der Waals surface area contributed by atoms with Crippen molar-refractivity contribution in [2.45, 2.75) is 18.4 Å². The van der Waals surface area contributed by atoms with E-state index in [4.69, 9.17) is 0 Å². The smallest absolute Gasteiger partial charge is 0.405 e. The van der Waals surface area contributed by atoms with Crippen molar-refractivity contribution in [3.8, 4) is 6.07 Å². The Bertz CT molecular complexity index is 1130. The number of H-pyrrole nitrogens is 1. The van der Waals surface area contributed by atoms with Crippen molar-refractivity contribution in [3.63, 3.8) is 0 Å². The molecule has 1 amide bonds. The number of amides is 1. The molecule has 1 fully saturated rings. The molecule has 0 radical (unpaired) electrons. The highest BCUT2D eigenvalue weighted by Crippen LogP contribution is 2.36. The topological polar surface area (TPSA) is 131 Å². The number of anilines is 1. The van der Waals surface area contributed by atoms with E-state index in [0.717, 1.165) is 0 Å². The molecule has 0 bridgehead atoms. The summed E-state index contributed by atoms with van der Waals surface area (Å²) < 4.78 is 14.9. The summed E-state index contributed by atoms with van der Waals surface area (Å²) in [5.74, 6) is -0.121. The van der Waals surface area contributed by atoms with E-state index in [1.165, 1.54) is 6.07 Å². The summed E-state index contributed by atoms with van der Waals surface area (Å²) in [5.41, 5.74) is -0.130. The maximum absolute atomic E-state index is 14.4. The fraction of sp³-hybridized carbons (Fsp3) is 0.278. The SMILES string of the molecule is N#Cc1nc(N2CCC(NC(=O)O)(c3ccccc3F)CC2)nc2[nH]nc(Br)c12. The average molecular weight is 460 g/mol. The average Bonchev–Trinajstić information content (AvgIpc) is 3.08. The summed E-state index contributed by atoms with van der Waals surface area (Å²) in [6, 6.07) is 8.21. The number of nitrogens with one attached hydrogen (secondary N) is 2. The van der Waals surface area contributed by atoms with Crippen LogP contribution in [-0.2, 0) is 5.54 Å². The summed E-state index contributed by atoms with van der Waals surface area (Å²) >= 11 is 3.26. The number of fused-ring (bicyclic) bond motifs is 1. The molecule has 0 atom stereocenters. The maximum atomic E-state index is 14.4. The van der Waals surface area contributed by atoms with E-state index in [0.29, 0.717) is 53.1 Å². The highest BCUT2D eigenvalue weighted by atomic mass is 79.9. The zero-order valence-corrected chi connectivity index (χ0v) is 16.6. The molecule has 3 N–H and O–H groups in total. The van der Waals surface area contributed by atoms with E-state index in [1.807, 2.05) is 11.0 Å². The van der Waals surface area contributed by atoms with Gasteiger partial charge < -0.3 is 15.3 Å². The Morgan fingerprint density at radius 3 is 2.72 bits per heavy atom. The minimum atomic E-state index is -1.21. The second kappa shape index (κ2) is 7.29. The zero-order valence-electron chi connectivity index (χ0n) is 15.0. The summed E-state index contributed by atoms with van der Waals surface area (Å²) in [6.45, 7) is 0.751. The van der Waals surface area contributed by atoms with E-state index in [9.17, 15) is 19.6 Å². The van der Waals surface area contributed by atoms with E-state index < -0.39 is 17.4 Å². The third kappa shape index (κ3) is 3.36. The molecule has 3 heterocycles. The largest absolute Gasteiger partial charge is 0.465 e. The lowest BCUT2D eigenvalue weighted by atomic mass is 9.80. The quantitative estimate of drug-likeness (QED) is 0.548. The highest BCUT2D eigenvalue weighted by molar-refractivity contribution is 9.10. The van der Waals surface area contributed by atoms with Crippen LogP contribution in [0.4, 0.5) is 15.1 Å². The van der Waals surface area contributed by atoms with Crippen molar-refractivity contribution in [1.29, 1.82) is 5.26 Å². The molecule has 2 aromatic heterocycles. The number of benzene rings is 1. The van der Waals surface area contributed by atoms with Gasteiger partial charge in [-0.25, -0.2) is 14.2 Å². The molecule has 1 aromatic carbocycles. The first kappa shape index (κ1) is 19.1. The van der Waals surface area contributed by atoms with Crippen LogP contribution in [0.25, 0.3) is 11.0 Å². The molecule has 4 rings (SSSR count). The Hall–Kier alpha value is -3.26. The number of aromatic amines is 1. The van der Waals surface area contributed by atoms with Gasteiger partial charge in [0.05, 0.1) is 10.9 Å². The molecule has 0 spiro atoms. The van der Waals surface area contributed by atoms with Crippen LogP contribution in [0.15, 0.2) is 28.9 Å². The van der Waals surface area contributed by atoms with Crippen LogP contribution in [-0.4, -0.2) is 44.5 Å². The Balaban J connectivity index is 1.66. The van der Waals surface area contributed by atoms with Gasteiger partial charge in [0.2, 0.25) is 5.95 Å². The van der Waals surface area contributed by atoms with Gasteiger partial charge in [0.15, 0.2) is 11.3 Å². The highest BCUT2D eigenvalue weighted by Gasteiger charge is 2.40. The lowest BCUT2D eigenvalue weighted by Crippen LogP contribution is -2.53. The first-order chi connectivity index (χ1) is 13.9. The van der Waals surface area contributed by atoms with Crippen molar-refractivity contribution in [2.24, 2.45) is 0 Å². The van der Waals surface area contributed by atoms with Crippen LogP contribution in [0.3, 0.4) is 0 Å². The minimum Gasteiger partial charge on any atom is -0.465 e. The molecule has 0 saturated carbocycles. The van der Waals surface area contributed by atoms with Crippen molar-refractivity contribution >= 4 is 39.0 Å². The summed E-state index contributed by atoms with van der Waals surface area (Å²) in [4.78, 5) is 22.0. The van der Waals surface area contributed by atoms with Gasteiger partial charge in [-0.05, 0) is 34.8 Å². The number of carbonyl (C=O) groups is 1. The van der Waals surface area contributed by atoms with Crippen molar-refractivity contribution in [3.05, 3.63) is 45.9 Å². The Kier molecular flexibility index (Phi) is 4.79. The van der Waals surface area contributed by atoms with Gasteiger partial charge in [-0.15, -0.1) is 0 Å². The number of aromatic nitrogens is 4. The van der Waals surface area contributed by atoms with Crippen molar-refractivity contribution in [2.75, 3.05) is 18.0 Å². The van der Waals surface area contributed by atoms with Gasteiger partial charge in [0.25, 0.3) is 0 Å². The van der Waals surface area contributed by atoms with Crippen LogP contribution in [0.5, 0.6) is 0 Å². The number of nitriles is 1. The van der Waals surface area contributed by atoms with Crippen LogP contribution in [0.2, 0.25) is 0 Å². The Morgan fingerprint density at radius 1 is 1.34 bits per heavy atom. The molecule has 1 saturated heterocycles. The van der Waals surface area contributed by atoms with Gasteiger partial charge in [-0.2, -0.15) is 15.3 Å². The normalized spacial score (nSPS) is 15.8. The molecule has 148 valence electrons. The first-order valence-corrected chi connectivity index (χ1v) is 9.55. The van der Waals surface area contributed by atoms with E-state index in [1.54, 1.807) is 18.2 Å². The molecule has 29 heavy (non-hydrogen) atoms. The third-order valence-electron chi connectivity index (χ3n) is 5.10. The van der Waals surface area contributed by atoms with Gasteiger partial charge in [0, 0.05) is 18.7 Å². The lowest BCUT2D eigenvalue weighted by Gasteiger charge is -2.42. The number of carboxylic acid groups (broad SMARTS) is 1. The van der Waals surface area contributed by atoms with Gasteiger partial charge in [0.1, 0.15) is 16.5 Å². The number of hydrogen-bond donors (Lipinski definition) is 3. The van der Waals surface area contributed by atoms with Crippen LogP contribution < -0.4 is 10.2 Å². The zero-order chi connectivity index (χ0) is 20.6. The number of rotatable bonds is 3. The lowest BCUT2D eigenvalue weighted by molar-refractivity contribution is 0.166. The molecule has 0 aliphatic carbocycles. The van der Waals surface area contributed by atoms with Crippen LogP contribution in [0, 0.1) is 17.1 Å². The minimum absolute atomic E-state index is 0.181. The number of piperidine rings is 1. The van der Waals surface area contributed by atoms with E-state index in [2.05, 4.69) is 41.4 Å². The number of nitrogens with zero attached hydrogens (tertiary/aromatic N) is 5. The second-order valence-corrected chi connectivity index (χ2v) is 7.45. The molecule has 3 aromatic rings. The fourth-order valence-corrected chi connectivity index (χ4v) is 4.17. The molecular formula is C18H15BrFN7O2. The Morgan fingerprint density at radius 2 is 2.07 bits per heavy atom. The molecule has 1 aliphatic heterocycles.